The minimum atomic E-state index is -1.21. The molecule has 0 N–H and O–H groups in total. The normalized spacial score (nSPS) is 39.6. The summed E-state index contributed by atoms with van der Waals surface area (Å²) in [6, 6.07) is 0. The SMILES string of the molecule is CC1=CC=CC(Br)C1(C)F. The molecule has 1 aliphatic rings. The molecule has 0 aliphatic heterocycles. The van der Waals surface area contributed by atoms with Gasteiger partial charge in [0.2, 0.25) is 0 Å². The van der Waals surface area contributed by atoms with E-state index in [0.29, 0.717) is 0 Å². The van der Waals surface area contributed by atoms with Crippen molar-refractivity contribution in [2.75, 3.05) is 0 Å². The number of hydrogen-bond donors (Lipinski definition) is 0. The van der Waals surface area contributed by atoms with Gasteiger partial charge in [0.15, 0.2) is 0 Å². The molecule has 10 heavy (non-hydrogen) atoms. The Morgan fingerprint density at radius 1 is 1.70 bits per heavy atom. The highest BCUT2D eigenvalue weighted by molar-refractivity contribution is 9.09. The van der Waals surface area contributed by atoms with E-state index in [1.54, 1.807) is 19.9 Å². The van der Waals surface area contributed by atoms with Crippen LogP contribution in [0.1, 0.15) is 13.8 Å². The first-order valence-electron chi connectivity index (χ1n) is 3.23. The molecular formula is C8H10BrF. The van der Waals surface area contributed by atoms with Crippen molar-refractivity contribution in [1.29, 1.82) is 0 Å². The summed E-state index contributed by atoms with van der Waals surface area (Å²) in [4.78, 5) is -0.176. The van der Waals surface area contributed by atoms with E-state index in [0.717, 1.165) is 5.57 Å². The molecule has 2 atom stereocenters. The van der Waals surface area contributed by atoms with E-state index >= 15 is 0 Å². The lowest BCUT2D eigenvalue weighted by Crippen LogP contribution is -2.31. The zero-order valence-corrected chi connectivity index (χ0v) is 7.65. The second-order valence-corrected chi connectivity index (χ2v) is 3.70. The molecule has 1 aliphatic carbocycles. The van der Waals surface area contributed by atoms with Gasteiger partial charge < -0.3 is 0 Å². The average Bonchev–Trinajstić information content (AvgIpc) is 1.84. The van der Waals surface area contributed by atoms with Crippen LogP contribution in [0.5, 0.6) is 0 Å². The molecule has 2 heteroatoms. The molecule has 1 rings (SSSR count). The monoisotopic (exact) mass is 204 g/mol. The topological polar surface area (TPSA) is 0 Å². The highest BCUT2D eigenvalue weighted by atomic mass is 79.9. The van der Waals surface area contributed by atoms with Gasteiger partial charge in [0.05, 0.1) is 4.83 Å². The van der Waals surface area contributed by atoms with Gasteiger partial charge in [0.25, 0.3) is 0 Å². The Bertz CT molecular complexity index is 191. The third-order valence-electron chi connectivity index (χ3n) is 1.92. The van der Waals surface area contributed by atoms with Crippen LogP contribution in [0, 0.1) is 0 Å². The average molecular weight is 205 g/mol. The fourth-order valence-electron chi connectivity index (χ4n) is 0.859. The van der Waals surface area contributed by atoms with E-state index in [1.807, 2.05) is 12.2 Å². The molecule has 0 aromatic carbocycles. The molecule has 0 spiro atoms. The van der Waals surface area contributed by atoms with Crippen molar-refractivity contribution in [3.63, 3.8) is 0 Å². The first-order valence-corrected chi connectivity index (χ1v) is 4.15. The van der Waals surface area contributed by atoms with Crippen LogP contribution in [0.25, 0.3) is 0 Å². The smallest absolute Gasteiger partial charge is 0.145 e. The first-order chi connectivity index (χ1) is 4.55. The van der Waals surface area contributed by atoms with Gasteiger partial charge in [0, 0.05) is 0 Å². The molecule has 0 heterocycles. The van der Waals surface area contributed by atoms with E-state index in [2.05, 4.69) is 15.9 Å². The van der Waals surface area contributed by atoms with E-state index in [4.69, 9.17) is 0 Å². The zero-order chi connectivity index (χ0) is 7.78. The van der Waals surface area contributed by atoms with E-state index in [9.17, 15) is 4.39 Å². The minimum Gasteiger partial charge on any atom is -0.238 e. The lowest BCUT2D eigenvalue weighted by atomic mass is 9.91. The minimum absolute atomic E-state index is 0.176. The summed E-state index contributed by atoms with van der Waals surface area (Å²) in [5, 5.41) is 0. The van der Waals surface area contributed by atoms with Crippen molar-refractivity contribution in [2.24, 2.45) is 0 Å². The maximum atomic E-state index is 13.5. The highest BCUT2D eigenvalue weighted by Gasteiger charge is 2.33. The summed E-state index contributed by atoms with van der Waals surface area (Å²) in [5.41, 5.74) is -0.439. The Kier molecular flexibility index (Phi) is 1.99. The zero-order valence-electron chi connectivity index (χ0n) is 6.07. The number of halogens is 2. The first kappa shape index (κ1) is 7.99. The molecule has 2 unspecified atom stereocenters. The van der Waals surface area contributed by atoms with Gasteiger partial charge in [-0.3, -0.25) is 0 Å². The molecule has 56 valence electrons. The van der Waals surface area contributed by atoms with Crippen LogP contribution < -0.4 is 0 Å². The molecule has 0 aromatic heterocycles. The fraction of sp³-hybridized carbons (Fsp3) is 0.500. The molecule has 0 bridgehead atoms. The summed E-state index contributed by atoms with van der Waals surface area (Å²) >= 11 is 3.25. The van der Waals surface area contributed by atoms with Gasteiger partial charge in [-0.1, -0.05) is 34.2 Å². The summed E-state index contributed by atoms with van der Waals surface area (Å²) in [7, 11) is 0. The second-order valence-electron chi connectivity index (χ2n) is 2.71. The Morgan fingerprint density at radius 3 is 2.70 bits per heavy atom. The lowest BCUT2D eigenvalue weighted by Gasteiger charge is -2.27. The molecule has 0 saturated heterocycles. The Morgan fingerprint density at radius 2 is 2.30 bits per heavy atom. The summed E-state index contributed by atoms with van der Waals surface area (Å²) in [6.45, 7) is 3.39. The molecule has 0 saturated carbocycles. The van der Waals surface area contributed by atoms with Crippen molar-refractivity contribution in [3.05, 3.63) is 23.8 Å². The Balaban J connectivity index is 2.93. The summed E-state index contributed by atoms with van der Waals surface area (Å²) in [5.74, 6) is 0. The Hall–Kier alpha value is -0.110. The summed E-state index contributed by atoms with van der Waals surface area (Å²) < 4.78 is 13.5. The van der Waals surface area contributed by atoms with Crippen LogP contribution in [-0.2, 0) is 0 Å². The molecule has 0 amide bonds. The predicted octanol–water partition coefficient (Wildman–Crippen LogP) is 2.99. The van der Waals surface area contributed by atoms with Gasteiger partial charge in [-0.15, -0.1) is 0 Å². The highest BCUT2D eigenvalue weighted by Crippen LogP contribution is 2.33. The standard InChI is InChI=1S/C8H10BrF/c1-6-4-3-5-7(9)8(6,2)10/h3-5,7H,1-2H3. The van der Waals surface area contributed by atoms with Gasteiger partial charge >= 0.3 is 0 Å². The van der Waals surface area contributed by atoms with Crippen molar-refractivity contribution in [2.45, 2.75) is 24.3 Å². The van der Waals surface area contributed by atoms with Crippen molar-refractivity contribution >= 4 is 15.9 Å². The number of rotatable bonds is 0. The van der Waals surface area contributed by atoms with Crippen LogP contribution >= 0.6 is 15.9 Å². The van der Waals surface area contributed by atoms with Crippen LogP contribution in [-0.4, -0.2) is 10.5 Å². The molecule has 0 radical (unpaired) electrons. The van der Waals surface area contributed by atoms with Crippen LogP contribution in [0.2, 0.25) is 0 Å². The second kappa shape index (κ2) is 2.50. The van der Waals surface area contributed by atoms with Gasteiger partial charge in [-0.05, 0) is 19.4 Å². The third kappa shape index (κ3) is 1.17. The van der Waals surface area contributed by atoms with Crippen molar-refractivity contribution < 1.29 is 4.39 Å². The Labute approximate surface area is 68.9 Å². The van der Waals surface area contributed by atoms with Crippen molar-refractivity contribution in [1.82, 2.24) is 0 Å². The largest absolute Gasteiger partial charge is 0.238 e. The predicted molar refractivity (Wildman–Crippen MR) is 45.1 cm³/mol. The lowest BCUT2D eigenvalue weighted by molar-refractivity contribution is 0.251. The van der Waals surface area contributed by atoms with Gasteiger partial charge in [-0.2, -0.15) is 0 Å². The maximum absolute atomic E-state index is 13.5. The number of alkyl halides is 2. The van der Waals surface area contributed by atoms with E-state index in [-0.39, 0.29) is 4.83 Å². The third-order valence-corrected chi connectivity index (χ3v) is 3.08. The van der Waals surface area contributed by atoms with Gasteiger partial charge in [0.1, 0.15) is 5.67 Å². The molecule has 0 nitrogen and oxygen atoms in total. The quantitative estimate of drug-likeness (QED) is 0.533. The van der Waals surface area contributed by atoms with E-state index in [1.165, 1.54) is 0 Å². The van der Waals surface area contributed by atoms with Gasteiger partial charge in [-0.25, -0.2) is 4.39 Å². The van der Waals surface area contributed by atoms with Crippen LogP contribution in [0.3, 0.4) is 0 Å². The number of allylic oxidation sites excluding steroid dienone is 4. The number of hydrogen-bond acceptors (Lipinski definition) is 0. The van der Waals surface area contributed by atoms with Crippen LogP contribution in [0.4, 0.5) is 4.39 Å². The molecule has 0 fully saturated rings. The van der Waals surface area contributed by atoms with Crippen molar-refractivity contribution in [3.8, 4) is 0 Å². The van der Waals surface area contributed by atoms with Crippen LogP contribution in [0.15, 0.2) is 23.8 Å². The molecule has 0 aromatic rings. The van der Waals surface area contributed by atoms with E-state index < -0.39 is 5.67 Å². The fourth-order valence-corrected chi connectivity index (χ4v) is 1.40. The summed E-state index contributed by atoms with van der Waals surface area (Å²) in [6.07, 6.45) is 5.49. The maximum Gasteiger partial charge on any atom is 0.145 e. The molecular weight excluding hydrogens is 195 g/mol.